The second-order valence-electron chi connectivity index (χ2n) is 4.30. The van der Waals surface area contributed by atoms with E-state index in [0.29, 0.717) is 6.04 Å². The van der Waals surface area contributed by atoms with Crippen LogP contribution in [-0.2, 0) is 4.74 Å². The highest BCUT2D eigenvalue weighted by Crippen LogP contribution is 2.29. The van der Waals surface area contributed by atoms with Gasteiger partial charge in [0.1, 0.15) is 5.75 Å². The smallest absolute Gasteiger partial charge is 0.133 e. The van der Waals surface area contributed by atoms with Gasteiger partial charge in [-0.3, -0.25) is 0 Å². The largest absolute Gasteiger partial charge is 0.496 e. The van der Waals surface area contributed by atoms with Gasteiger partial charge in [-0.05, 0) is 40.7 Å². The molecule has 2 atom stereocenters. The lowest BCUT2D eigenvalue weighted by atomic mass is 9.99. The summed E-state index contributed by atoms with van der Waals surface area (Å²) in [5.74, 6) is 0.849. The Labute approximate surface area is 116 Å². The van der Waals surface area contributed by atoms with E-state index in [1.807, 2.05) is 13.1 Å². The molecule has 2 N–H and O–H groups in total. The summed E-state index contributed by atoms with van der Waals surface area (Å²) in [4.78, 5) is 0. The van der Waals surface area contributed by atoms with Crippen molar-refractivity contribution in [2.24, 2.45) is 0 Å². The van der Waals surface area contributed by atoms with Crippen LogP contribution in [0.15, 0.2) is 22.7 Å². The van der Waals surface area contributed by atoms with Crippen LogP contribution in [0, 0.1) is 0 Å². The maximum Gasteiger partial charge on any atom is 0.133 e. The molecule has 0 bridgehead atoms. The number of hydrogen-bond acceptors (Lipinski definition) is 4. The summed E-state index contributed by atoms with van der Waals surface area (Å²) in [6.07, 6.45) is 0. The fourth-order valence-electron chi connectivity index (χ4n) is 2.28. The van der Waals surface area contributed by atoms with Gasteiger partial charge in [0.25, 0.3) is 0 Å². The van der Waals surface area contributed by atoms with Gasteiger partial charge in [0, 0.05) is 12.6 Å². The number of rotatable bonds is 4. The normalized spacial score (nSPS) is 21.6. The average Bonchev–Trinajstić information content (AvgIpc) is 2.41. The number of morpholine rings is 1. The lowest BCUT2D eigenvalue weighted by Crippen LogP contribution is -2.48. The van der Waals surface area contributed by atoms with Crippen LogP contribution >= 0.6 is 15.9 Å². The summed E-state index contributed by atoms with van der Waals surface area (Å²) in [6, 6.07) is 6.68. The molecule has 1 fully saturated rings. The Morgan fingerprint density at radius 3 is 2.94 bits per heavy atom. The van der Waals surface area contributed by atoms with Crippen LogP contribution in [0.5, 0.6) is 5.75 Å². The summed E-state index contributed by atoms with van der Waals surface area (Å²) >= 11 is 3.52. The third-order valence-corrected chi connectivity index (χ3v) is 3.82. The minimum Gasteiger partial charge on any atom is -0.496 e. The first kappa shape index (κ1) is 13.8. The molecule has 1 aromatic rings. The fraction of sp³-hybridized carbons (Fsp3) is 0.538. The minimum absolute atomic E-state index is 0.229. The van der Waals surface area contributed by atoms with Crippen molar-refractivity contribution in [1.29, 1.82) is 0 Å². The van der Waals surface area contributed by atoms with Crippen molar-refractivity contribution in [2.45, 2.75) is 12.1 Å². The van der Waals surface area contributed by atoms with Gasteiger partial charge in [0.2, 0.25) is 0 Å². The Morgan fingerprint density at radius 1 is 1.56 bits per heavy atom. The molecule has 2 rings (SSSR count). The van der Waals surface area contributed by atoms with Crippen LogP contribution in [0.25, 0.3) is 0 Å². The van der Waals surface area contributed by atoms with E-state index in [0.717, 1.165) is 30.0 Å². The molecule has 4 nitrogen and oxygen atoms in total. The van der Waals surface area contributed by atoms with Crippen molar-refractivity contribution >= 4 is 15.9 Å². The first-order valence-corrected chi connectivity index (χ1v) is 6.87. The van der Waals surface area contributed by atoms with Crippen molar-refractivity contribution in [1.82, 2.24) is 10.6 Å². The highest BCUT2D eigenvalue weighted by atomic mass is 79.9. The molecule has 0 spiro atoms. The van der Waals surface area contributed by atoms with Crippen molar-refractivity contribution in [2.75, 3.05) is 33.9 Å². The summed E-state index contributed by atoms with van der Waals surface area (Å²) < 4.78 is 11.7. The van der Waals surface area contributed by atoms with Crippen molar-refractivity contribution in [3.05, 3.63) is 28.2 Å². The molecule has 1 aliphatic rings. The van der Waals surface area contributed by atoms with E-state index in [1.165, 1.54) is 5.56 Å². The van der Waals surface area contributed by atoms with E-state index in [1.54, 1.807) is 7.11 Å². The molecule has 5 heteroatoms. The zero-order chi connectivity index (χ0) is 13.0. The first-order chi connectivity index (χ1) is 8.76. The topological polar surface area (TPSA) is 42.5 Å². The molecule has 0 aliphatic carbocycles. The average molecular weight is 315 g/mol. The van der Waals surface area contributed by atoms with Crippen molar-refractivity contribution < 1.29 is 9.47 Å². The Morgan fingerprint density at radius 2 is 2.39 bits per heavy atom. The molecule has 1 heterocycles. The lowest BCUT2D eigenvalue weighted by Gasteiger charge is -2.31. The molecule has 1 saturated heterocycles. The summed E-state index contributed by atoms with van der Waals surface area (Å²) in [7, 11) is 3.64. The van der Waals surface area contributed by atoms with Gasteiger partial charge in [-0.2, -0.15) is 0 Å². The van der Waals surface area contributed by atoms with E-state index in [9.17, 15) is 0 Å². The lowest BCUT2D eigenvalue weighted by molar-refractivity contribution is 0.0645. The molecule has 1 aliphatic heterocycles. The first-order valence-electron chi connectivity index (χ1n) is 6.08. The van der Waals surface area contributed by atoms with Gasteiger partial charge >= 0.3 is 0 Å². The van der Waals surface area contributed by atoms with Crippen LogP contribution in [0.3, 0.4) is 0 Å². The van der Waals surface area contributed by atoms with E-state index in [2.05, 4.69) is 38.7 Å². The Hall–Kier alpha value is -0.620. The standard InChI is InChI=1S/C13H19BrN2O2/c1-15-13(11-8-18-6-5-16-11)9-3-4-12(17-2)10(14)7-9/h3-4,7,11,13,15-16H,5-6,8H2,1-2H3. The highest BCUT2D eigenvalue weighted by Gasteiger charge is 2.24. The van der Waals surface area contributed by atoms with Crippen LogP contribution in [0.1, 0.15) is 11.6 Å². The van der Waals surface area contributed by atoms with E-state index < -0.39 is 0 Å². The number of methoxy groups -OCH3 is 1. The van der Waals surface area contributed by atoms with Crippen LogP contribution in [-0.4, -0.2) is 40.0 Å². The Balaban J connectivity index is 2.18. The Bertz CT molecular complexity index is 395. The predicted octanol–water partition coefficient (Wildman–Crippen LogP) is 1.71. The molecule has 1 aromatic carbocycles. The second-order valence-corrected chi connectivity index (χ2v) is 5.15. The zero-order valence-corrected chi connectivity index (χ0v) is 12.3. The minimum atomic E-state index is 0.229. The third-order valence-electron chi connectivity index (χ3n) is 3.20. The van der Waals surface area contributed by atoms with Gasteiger partial charge in [-0.1, -0.05) is 6.07 Å². The predicted molar refractivity (Wildman–Crippen MR) is 75.1 cm³/mol. The van der Waals surface area contributed by atoms with Crippen LogP contribution in [0.4, 0.5) is 0 Å². The van der Waals surface area contributed by atoms with Gasteiger partial charge in [0.05, 0.1) is 30.8 Å². The number of nitrogens with one attached hydrogen (secondary N) is 2. The molecule has 18 heavy (non-hydrogen) atoms. The van der Waals surface area contributed by atoms with Gasteiger partial charge < -0.3 is 20.1 Å². The summed E-state index contributed by atoms with van der Waals surface area (Å²) in [6.45, 7) is 2.43. The van der Waals surface area contributed by atoms with Gasteiger partial charge in [-0.15, -0.1) is 0 Å². The molecule has 2 unspecified atom stereocenters. The Kier molecular flexibility index (Phi) is 5.00. The number of hydrogen-bond donors (Lipinski definition) is 2. The van der Waals surface area contributed by atoms with Gasteiger partial charge in [-0.25, -0.2) is 0 Å². The quantitative estimate of drug-likeness (QED) is 0.888. The van der Waals surface area contributed by atoms with E-state index in [-0.39, 0.29) is 6.04 Å². The van der Waals surface area contributed by atoms with Crippen molar-refractivity contribution in [3.8, 4) is 5.75 Å². The van der Waals surface area contributed by atoms with Gasteiger partial charge in [0.15, 0.2) is 0 Å². The van der Waals surface area contributed by atoms with E-state index in [4.69, 9.17) is 9.47 Å². The number of likely N-dealkylation sites (N-methyl/N-ethyl adjacent to an activating group) is 1. The molecule has 0 aromatic heterocycles. The maximum atomic E-state index is 5.52. The number of benzene rings is 1. The maximum absolute atomic E-state index is 5.52. The van der Waals surface area contributed by atoms with Crippen LogP contribution < -0.4 is 15.4 Å². The molecule has 0 radical (unpaired) electrons. The molecule has 0 saturated carbocycles. The molecular formula is C13H19BrN2O2. The SMILES string of the molecule is CNC(c1ccc(OC)c(Br)c1)C1COCCN1. The third kappa shape index (κ3) is 3.03. The summed E-state index contributed by atoms with van der Waals surface area (Å²) in [5.41, 5.74) is 1.22. The molecule has 100 valence electrons. The fourth-order valence-corrected chi connectivity index (χ4v) is 2.83. The monoisotopic (exact) mass is 314 g/mol. The zero-order valence-electron chi connectivity index (χ0n) is 10.7. The van der Waals surface area contributed by atoms with Crippen LogP contribution in [0.2, 0.25) is 0 Å². The highest BCUT2D eigenvalue weighted by molar-refractivity contribution is 9.10. The second kappa shape index (κ2) is 6.52. The molecule has 0 amide bonds. The summed E-state index contributed by atoms with van der Waals surface area (Å²) in [5, 5.41) is 6.83. The number of halogens is 1. The van der Waals surface area contributed by atoms with E-state index >= 15 is 0 Å². The molecular weight excluding hydrogens is 296 g/mol. The van der Waals surface area contributed by atoms with Crippen molar-refractivity contribution in [3.63, 3.8) is 0 Å². The number of ether oxygens (including phenoxy) is 2.